The highest BCUT2D eigenvalue weighted by Gasteiger charge is 1.85. The van der Waals surface area contributed by atoms with Crippen molar-refractivity contribution in [3.63, 3.8) is 0 Å². The van der Waals surface area contributed by atoms with Crippen LogP contribution in [0.1, 0.15) is 0 Å². The predicted octanol–water partition coefficient (Wildman–Crippen LogP) is -1.80. The second-order valence-corrected chi connectivity index (χ2v) is 1.07. The average Bonchev–Trinajstić information content (AvgIpc) is 1.61. The quantitative estimate of drug-likeness (QED) is 0.369. The molecule has 0 aliphatic heterocycles. The van der Waals surface area contributed by atoms with Crippen molar-refractivity contribution in [1.29, 1.82) is 0 Å². The fraction of sp³-hybridized carbons (Fsp3) is 0.667. The van der Waals surface area contributed by atoms with E-state index in [0.717, 1.165) is 0 Å². The molecule has 0 aromatic heterocycles. The van der Waals surface area contributed by atoms with Crippen LogP contribution >= 0.6 is 0 Å². The topological polar surface area (TPSA) is 67.2 Å². The Morgan fingerprint density at radius 2 is 2.43 bits per heavy atom. The summed E-state index contributed by atoms with van der Waals surface area (Å²) in [6.45, 7) is 0.177. The first-order valence-corrected chi connectivity index (χ1v) is 1.95. The summed E-state index contributed by atoms with van der Waals surface area (Å²) in [7, 11) is 1.67. The molecule has 0 aliphatic carbocycles. The third kappa shape index (κ3) is 5.39. The second kappa shape index (κ2) is 3.58. The van der Waals surface area contributed by atoms with Gasteiger partial charge in [0.1, 0.15) is 0 Å². The molecule has 42 valence electrons. The number of nitrogens with one attached hydrogen (secondary N) is 2. The summed E-state index contributed by atoms with van der Waals surface area (Å²) in [6, 6.07) is 0. The van der Waals surface area contributed by atoms with Gasteiger partial charge in [-0.05, 0) is 7.05 Å². The Balaban J connectivity index is 2.82. The van der Waals surface area contributed by atoms with Crippen molar-refractivity contribution < 1.29 is 4.79 Å². The highest BCUT2D eigenvalue weighted by Crippen LogP contribution is 1.45. The van der Waals surface area contributed by atoms with Gasteiger partial charge < -0.3 is 5.73 Å². The molecule has 0 fully saturated rings. The molecule has 0 heterocycles. The van der Waals surface area contributed by atoms with E-state index >= 15 is 0 Å². The number of nitrogens with two attached hydrogens (primary N) is 1. The van der Waals surface area contributed by atoms with Gasteiger partial charge in [-0.25, -0.2) is 5.43 Å². The summed E-state index contributed by atoms with van der Waals surface area (Å²) in [4.78, 5) is 9.88. The first-order valence-electron chi connectivity index (χ1n) is 1.95. The summed E-state index contributed by atoms with van der Waals surface area (Å²) >= 11 is 0. The van der Waals surface area contributed by atoms with Gasteiger partial charge in [-0.2, -0.15) is 0 Å². The number of rotatable bonds is 3. The molecule has 0 aliphatic rings. The standard InChI is InChI=1S/C3H9N3O/c1-5-6-2-3(4)7/h5-6H,2H2,1H3,(H2,4,7). The lowest BCUT2D eigenvalue weighted by atomic mass is 10.6. The van der Waals surface area contributed by atoms with Crippen LogP contribution in [0.25, 0.3) is 0 Å². The number of carbonyl (C=O) groups excluding carboxylic acids is 1. The van der Waals surface area contributed by atoms with Gasteiger partial charge >= 0.3 is 0 Å². The molecule has 0 spiro atoms. The number of amides is 1. The summed E-state index contributed by atoms with van der Waals surface area (Å²) in [5, 5.41) is 0. The van der Waals surface area contributed by atoms with E-state index in [2.05, 4.69) is 10.9 Å². The van der Waals surface area contributed by atoms with Crippen molar-refractivity contribution in [2.24, 2.45) is 5.73 Å². The SMILES string of the molecule is CNNCC(N)=O. The number of hydrogen-bond acceptors (Lipinski definition) is 3. The Morgan fingerprint density at radius 1 is 1.86 bits per heavy atom. The zero-order valence-corrected chi connectivity index (χ0v) is 4.19. The van der Waals surface area contributed by atoms with Crippen molar-refractivity contribution in [3.8, 4) is 0 Å². The van der Waals surface area contributed by atoms with Crippen LogP contribution in [0, 0.1) is 0 Å². The Hall–Kier alpha value is -0.610. The van der Waals surface area contributed by atoms with E-state index in [4.69, 9.17) is 5.73 Å². The first-order chi connectivity index (χ1) is 3.27. The fourth-order valence-corrected chi connectivity index (χ4v) is 0.176. The lowest BCUT2D eigenvalue weighted by Gasteiger charge is -1.94. The van der Waals surface area contributed by atoms with Gasteiger partial charge in [-0.1, -0.05) is 0 Å². The number of hydrazine groups is 1. The zero-order chi connectivity index (χ0) is 5.70. The Kier molecular flexibility index (Phi) is 3.26. The van der Waals surface area contributed by atoms with Crippen molar-refractivity contribution >= 4 is 5.91 Å². The largest absolute Gasteiger partial charge is 0.369 e. The number of primary amides is 1. The van der Waals surface area contributed by atoms with Crippen molar-refractivity contribution in [2.75, 3.05) is 13.6 Å². The molecule has 0 saturated heterocycles. The molecule has 7 heavy (non-hydrogen) atoms. The molecule has 4 N–H and O–H groups in total. The van der Waals surface area contributed by atoms with Gasteiger partial charge in [0.05, 0.1) is 6.54 Å². The summed E-state index contributed by atoms with van der Waals surface area (Å²) < 4.78 is 0. The molecular formula is C3H9N3O. The minimum Gasteiger partial charge on any atom is -0.369 e. The first kappa shape index (κ1) is 6.39. The number of carbonyl (C=O) groups is 1. The third-order valence-electron chi connectivity index (χ3n) is 0.439. The summed E-state index contributed by atoms with van der Waals surface area (Å²) in [5.74, 6) is -0.366. The Morgan fingerprint density at radius 3 is 2.57 bits per heavy atom. The maximum absolute atomic E-state index is 9.88. The van der Waals surface area contributed by atoms with Crippen LogP contribution in [0.2, 0.25) is 0 Å². The lowest BCUT2D eigenvalue weighted by Crippen LogP contribution is -2.36. The second-order valence-electron chi connectivity index (χ2n) is 1.07. The van der Waals surface area contributed by atoms with Crippen LogP contribution in [0.5, 0.6) is 0 Å². The van der Waals surface area contributed by atoms with E-state index < -0.39 is 0 Å². The maximum Gasteiger partial charge on any atom is 0.232 e. The van der Waals surface area contributed by atoms with E-state index in [1.54, 1.807) is 7.05 Å². The van der Waals surface area contributed by atoms with Crippen molar-refractivity contribution in [1.82, 2.24) is 10.9 Å². The van der Waals surface area contributed by atoms with E-state index in [1.807, 2.05) is 0 Å². The molecule has 0 atom stereocenters. The van der Waals surface area contributed by atoms with Gasteiger partial charge in [0.25, 0.3) is 0 Å². The Bertz CT molecular complexity index is 63.2. The molecule has 4 nitrogen and oxygen atoms in total. The average molecular weight is 103 g/mol. The molecule has 4 heteroatoms. The lowest BCUT2D eigenvalue weighted by molar-refractivity contribution is -0.117. The van der Waals surface area contributed by atoms with Crippen LogP contribution < -0.4 is 16.6 Å². The smallest absolute Gasteiger partial charge is 0.232 e. The van der Waals surface area contributed by atoms with Gasteiger partial charge in [0, 0.05) is 0 Å². The molecule has 0 unspecified atom stereocenters. The monoisotopic (exact) mass is 103 g/mol. The van der Waals surface area contributed by atoms with E-state index in [-0.39, 0.29) is 12.5 Å². The molecule has 0 aromatic carbocycles. The van der Waals surface area contributed by atoms with E-state index in [9.17, 15) is 4.79 Å². The Labute approximate surface area is 42.0 Å². The molecule has 0 saturated carbocycles. The van der Waals surface area contributed by atoms with Crippen LogP contribution in [0.4, 0.5) is 0 Å². The summed E-state index contributed by atoms with van der Waals surface area (Å²) in [5.41, 5.74) is 9.81. The van der Waals surface area contributed by atoms with Gasteiger partial charge in [-0.3, -0.25) is 10.2 Å². The van der Waals surface area contributed by atoms with Gasteiger partial charge in [0.15, 0.2) is 0 Å². The summed E-state index contributed by atoms with van der Waals surface area (Å²) in [6.07, 6.45) is 0. The molecular weight excluding hydrogens is 94.1 g/mol. The maximum atomic E-state index is 9.88. The highest BCUT2D eigenvalue weighted by molar-refractivity contribution is 5.75. The normalized spacial score (nSPS) is 8.71. The fourth-order valence-electron chi connectivity index (χ4n) is 0.176. The van der Waals surface area contributed by atoms with Gasteiger partial charge in [-0.15, -0.1) is 0 Å². The van der Waals surface area contributed by atoms with Gasteiger partial charge in [0.2, 0.25) is 5.91 Å². The van der Waals surface area contributed by atoms with E-state index in [0.29, 0.717) is 0 Å². The highest BCUT2D eigenvalue weighted by atomic mass is 16.1. The van der Waals surface area contributed by atoms with Crippen LogP contribution in [-0.2, 0) is 4.79 Å². The van der Waals surface area contributed by atoms with Crippen LogP contribution in [-0.4, -0.2) is 19.5 Å². The molecule has 0 radical (unpaired) electrons. The third-order valence-corrected chi connectivity index (χ3v) is 0.439. The molecule has 1 amide bonds. The van der Waals surface area contributed by atoms with Crippen LogP contribution in [0.15, 0.2) is 0 Å². The molecule has 0 aromatic rings. The molecule has 0 rings (SSSR count). The van der Waals surface area contributed by atoms with E-state index in [1.165, 1.54) is 0 Å². The number of hydrogen-bond donors (Lipinski definition) is 3. The minimum absolute atomic E-state index is 0.177. The van der Waals surface area contributed by atoms with Crippen molar-refractivity contribution in [2.45, 2.75) is 0 Å². The van der Waals surface area contributed by atoms with Crippen molar-refractivity contribution in [3.05, 3.63) is 0 Å². The molecule has 0 bridgehead atoms. The predicted molar refractivity (Wildman–Crippen MR) is 26.3 cm³/mol. The van der Waals surface area contributed by atoms with Crippen LogP contribution in [0.3, 0.4) is 0 Å². The minimum atomic E-state index is -0.366. The zero-order valence-electron chi connectivity index (χ0n) is 4.19.